The minimum absolute atomic E-state index is 0.0103. The molecular formula is C33H50IN6O8P. The van der Waals surface area contributed by atoms with Gasteiger partial charge in [-0.05, 0) is 73.6 Å². The van der Waals surface area contributed by atoms with Crippen molar-refractivity contribution in [3.63, 3.8) is 0 Å². The van der Waals surface area contributed by atoms with E-state index in [2.05, 4.69) is 43.3 Å². The number of piperidine rings is 1. The van der Waals surface area contributed by atoms with Crippen LogP contribution in [0, 0.1) is 11.3 Å². The lowest BCUT2D eigenvalue weighted by Gasteiger charge is -2.53. The lowest BCUT2D eigenvalue weighted by Crippen LogP contribution is -2.63. The van der Waals surface area contributed by atoms with Gasteiger partial charge in [0.25, 0.3) is 0 Å². The summed E-state index contributed by atoms with van der Waals surface area (Å²) in [7, 11) is 0. The second-order valence-corrected chi connectivity index (χ2v) is 15.8. The van der Waals surface area contributed by atoms with Crippen molar-refractivity contribution in [2.24, 2.45) is 11.3 Å². The molecule has 272 valence electrons. The Hall–Kier alpha value is -3.04. The highest BCUT2D eigenvalue weighted by atomic mass is 127. The van der Waals surface area contributed by atoms with Gasteiger partial charge >= 0.3 is 6.09 Å². The molecule has 6 amide bonds. The van der Waals surface area contributed by atoms with E-state index < -0.39 is 48.0 Å². The largest absolute Gasteiger partial charge is 0.444 e. The van der Waals surface area contributed by atoms with Gasteiger partial charge in [-0.1, -0.05) is 44.2 Å². The second-order valence-electron chi connectivity index (χ2n) is 14.1. The number of alkyl carbamates (subject to hydrolysis) is 1. The van der Waals surface area contributed by atoms with Gasteiger partial charge in [-0.25, -0.2) is 4.79 Å². The minimum Gasteiger partial charge on any atom is -0.444 e. The monoisotopic (exact) mass is 816 g/mol. The zero-order valence-electron chi connectivity index (χ0n) is 28.9. The third kappa shape index (κ3) is 13.7. The molecule has 2 fully saturated rings. The van der Waals surface area contributed by atoms with Crippen molar-refractivity contribution in [1.82, 2.24) is 31.1 Å². The molecule has 4 N–H and O–H groups in total. The van der Waals surface area contributed by atoms with E-state index in [1.165, 1.54) is 0 Å². The van der Waals surface area contributed by atoms with Gasteiger partial charge in [0.1, 0.15) is 24.3 Å². The minimum atomic E-state index is -1.01. The number of hydrogen-bond donors (Lipinski definition) is 4. The van der Waals surface area contributed by atoms with Crippen LogP contribution in [-0.2, 0) is 39.7 Å². The molecule has 2 saturated heterocycles. The fourth-order valence-corrected chi connectivity index (χ4v) is 6.46. The first-order valence-electron chi connectivity index (χ1n) is 16.5. The fraction of sp³-hybridized carbons (Fsp3) is 0.636. The Labute approximate surface area is 303 Å². The van der Waals surface area contributed by atoms with Gasteiger partial charge in [0.2, 0.25) is 29.5 Å². The summed E-state index contributed by atoms with van der Waals surface area (Å²) in [5.41, 5.74) is 0.0586. The maximum atomic E-state index is 13.1. The van der Waals surface area contributed by atoms with Crippen molar-refractivity contribution >= 4 is 64.1 Å². The average Bonchev–Trinajstić information content (AvgIpc) is 3.02. The summed E-state index contributed by atoms with van der Waals surface area (Å²) < 4.78 is 10.6. The van der Waals surface area contributed by atoms with E-state index in [4.69, 9.17) is 9.26 Å². The van der Waals surface area contributed by atoms with Crippen LogP contribution in [0.2, 0.25) is 0 Å². The van der Waals surface area contributed by atoms with Crippen molar-refractivity contribution < 1.29 is 38.0 Å². The standard InChI is InChI=1S/C33H50IN6O8P/c1-22(2)15-24(29(44)36-18-27(42)39-13-11-33(12-14-39)20-40(21-33)28(43)19-47-49-34)37-26(41)17-35-30(45)25(16-23-9-7-6-8-10-23)38-31(46)48-32(3,4)5/h6-10,22,24-25,49H,11-21H2,1-5H3,(H,35,45)(H,36,44)(H,37,41)(H,38,46). The van der Waals surface area contributed by atoms with E-state index in [-0.39, 0.29) is 49.2 Å². The lowest BCUT2D eigenvalue weighted by atomic mass is 9.72. The molecule has 16 heteroatoms. The van der Waals surface area contributed by atoms with Crippen LogP contribution in [0.3, 0.4) is 0 Å². The van der Waals surface area contributed by atoms with Gasteiger partial charge in [-0.3, -0.25) is 24.0 Å². The number of carbonyl (C=O) groups is 6. The summed E-state index contributed by atoms with van der Waals surface area (Å²) in [5, 5.41) is 10.5. The molecule has 0 saturated carbocycles. The third-order valence-corrected chi connectivity index (χ3v) is 9.51. The SMILES string of the molecule is CC(C)CC(NC(=O)CNC(=O)C(Cc1ccccc1)NC(=O)OC(C)(C)C)C(=O)NCC(=O)N1CCC2(CC1)CN(C(=O)COPI)C2. The summed E-state index contributed by atoms with van der Waals surface area (Å²) in [6.45, 7) is 11.1. The first kappa shape index (κ1) is 40.4. The molecule has 1 aromatic carbocycles. The normalized spacial score (nSPS) is 16.9. The summed E-state index contributed by atoms with van der Waals surface area (Å²) in [4.78, 5) is 80.3. The zero-order valence-corrected chi connectivity index (χ0v) is 32.1. The summed E-state index contributed by atoms with van der Waals surface area (Å²) in [6, 6.07) is 7.19. The van der Waals surface area contributed by atoms with Crippen molar-refractivity contribution in [3.8, 4) is 0 Å². The maximum Gasteiger partial charge on any atom is 0.408 e. The number of nitrogens with one attached hydrogen (secondary N) is 4. The average molecular weight is 817 g/mol. The molecule has 0 aromatic heterocycles. The Bertz CT molecular complexity index is 1310. The Balaban J connectivity index is 1.47. The second kappa shape index (κ2) is 18.8. The van der Waals surface area contributed by atoms with E-state index >= 15 is 0 Å². The van der Waals surface area contributed by atoms with Crippen LogP contribution >= 0.6 is 28.5 Å². The van der Waals surface area contributed by atoms with Crippen molar-refractivity contribution in [2.45, 2.75) is 78.0 Å². The highest BCUT2D eigenvalue weighted by molar-refractivity contribution is 14.2. The van der Waals surface area contributed by atoms with E-state index in [9.17, 15) is 28.8 Å². The first-order chi connectivity index (χ1) is 23.1. The smallest absolute Gasteiger partial charge is 0.408 e. The number of benzene rings is 1. The Morgan fingerprint density at radius 1 is 0.878 bits per heavy atom. The van der Waals surface area contributed by atoms with E-state index in [0.717, 1.165) is 18.4 Å². The number of nitrogens with zero attached hydrogens (tertiary/aromatic N) is 2. The van der Waals surface area contributed by atoms with Crippen LogP contribution in [0.1, 0.15) is 59.4 Å². The number of carbonyl (C=O) groups excluding carboxylic acids is 6. The van der Waals surface area contributed by atoms with Gasteiger partial charge in [-0.2, -0.15) is 0 Å². The molecular weight excluding hydrogens is 766 g/mol. The van der Waals surface area contributed by atoms with Crippen molar-refractivity contribution in [3.05, 3.63) is 35.9 Å². The zero-order chi connectivity index (χ0) is 36.2. The topological polar surface area (TPSA) is 175 Å². The summed E-state index contributed by atoms with van der Waals surface area (Å²) in [5.74, 6) is -1.84. The van der Waals surface area contributed by atoms with Crippen LogP contribution in [-0.4, -0.2) is 109 Å². The van der Waals surface area contributed by atoms with Crippen molar-refractivity contribution in [2.75, 3.05) is 45.9 Å². The van der Waals surface area contributed by atoms with Crippen LogP contribution in [0.4, 0.5) is 4.79 Å². The number of rotatable bonds is 15. The summed E-state index contributed by atoms with van der Waals surface area (Å²) >= 11 is 2.08. The maximum absolute atomic E-state index is 13.1. The predicted octanol–water partition coefficient (Wildman–Crippen LogP) is 2.30. The Morgan fingerprint density at radius 3 is 2.08 bits per heavy atom. The Kier molecular flexibility index (Phi) is 15.5. The molecule has 2 aliphatic heterocycles. The first-order valence-corrected chi connectivity index (χ1v) is 20.5. The molecule has 1 spiro atoms. The summed E-state index contributed by atoms with van der Waals surface area (Å²) in [6.07, 6.45) is 1.29. The highest BCUT2D eigenvalue weighted by Crippen LogP contribution is 2.40. The third-order valence-electron chi connectivity index (χ3n) is 8.32. The van der Waals surface area contributed by atoms with Crippen LogP contribution in [0.15, 0.2) is 30.3 Å². The van der Waals surface area contributed by atoms with Gasteiger partial charge in [-0.15, -0.1) is 0 Å². The van der Waals surface area contributed by atoms with E-state index in [0.29, 0.717) is 32.6 Å². The van der Waals surface area contributed by atoms with Crippen molar-refractivity contribution in [1.29, 1.82) is 0 Å². The molecule has 0 radical (unpaired) electrons. The highest BCUT2D eigenvalue weighted by Gasteiger charge is 2.47. The number of ether oxygens (including phenoxy) is 1. The molecule has 0 aliphatic carbocycles. The van der Waals surface area contributed by atoms with Crippen LogP contribution in [0.5, 0.6) is 0 Å². The molecule has 0 bridgehead atoms. The molecule has 2 aliphatic rings. The fourth-order valence-electron chi connectivity index (χ4n) is 5.81. The molecule has 3 rings (SSSR count). The molecule has 3 unspecified atom stereocenters. The van der Waals surface area contributed by atoms with Gasteiger partial charge in [0.05, 0.1) is 19.5 Å². The molecule has 3 atom stereocenters. The molecule has 49 heavy (non-hydrogen) atoms. The van der Waals surface area contributed by atoms with E-state index in [1.54, 1.807) is 30.6 Å². The van der Waals surface area contributed by atoms with Gasteiger partial charge in [0, 0.05) is 38.0 Å². The number of hydrogen-bond acceptors (Lipinski definition) is 8. The number of likely N-dealkylation sites (tertiary alicyclic amines) is 2. The van der Waals surface area contributed by atoms with Crippen LogP contribution in [0.25, 0.3) is 0 Å². The quantitative estimate of drug-likeness (QED) is 0.154. The van der Waals surface area contributed by atoms with Gasteiger partial charge in [0.15, 0.2) is 0 Å². The van der Waals surface area contributed by atoms with E-state index in [1.807, 2.05) is 44.2 Å². The number of amides is 6. The predicted molar refractivity (Wildman–Crippen MR) is 194 cm³/mol. The van der Waals surface area contributed by atoms with Gasteiger partial charge < -0.3 is 40.3 Å². The molecule has 1 aromatic rings. The lowest BCUT2D eigenvalue weighted by molar-refractivity contribution is -0.151. The molecule has 2 heterocycles. The van der Waals surface area contributed by atoms with Crippen LogP contribution < -0.4 is 21.3 Å². The Morgan fingerprint density at radius 2 is 1.49 bits per heavy atom. The molecule has 14 nitrogen and oxygen atoms in total. The number of halogens is 1.